The molecule has 1 aromatic rings. The number of nitrogens with zero attached hydrogens (tertiary/aromatic N) is 1. The van der Waals surface area contributed by atoms with Crippen molar-refractivity contribution in [2.24, 2.45) is 5.92 Å². The highest BCUT2D eigenvalue weighted by Crippen LogP contribution is 2.38. The molecule has 18 heavy (non-hydrogen) atoms. The van der Waals surface area contributed by atoms with Gasteiger partial charge in [-0.05, 0) is 25.7 Å². The van der Waals surface area contributed by atoms with E-state index in [1.54, 1.807) is 14.2 Å². The van der Waals surface area contributed by atoms with Gasteiger partial charge in [-0.15, -0.1) is 0 Å². The summed E-state index contributed by atoms with van der Waals surface area (Å²) in [4.78, 5) is 2.31. The minimum absolute atomic E-state index is 0.682. The third-order valence-electron chi connectivity index (χ3n) is 3.43. The average Bonchev–Trinajstić information content (AvgIpc) is 3.19. The lowest BCUT2D eigenvalue weighted by molar-refractivity contribution is 0.355. The van der Waals surface area contributed by atoms with Crippen molar-refractivity contribution in [1.29, 1.82) is 0 Å². The highest BCUT2D eigenvalue weighted by atomic mass is 16.5. The van der Waals surface area contributed by atoms with E-state index in [2.05, 4.69) is 11.8 Å². The van der Waals surface area contributed by atoms with Gasteiger partial charge in [-0.2, -0.15) is 0 Å². The molecule has 4 nitrogen and oxygen atoms in total. The summed E-state index contributed by atoms with van der Waals surface area (Å²) in [7, 11) is 3.27. The first-order valence-electron chi connectivity index (χ1n) is 6.46. The maximum atomic E-state index is 6.12. The highest BCUT2D eigenvalue weighted by Gasteiger charge is 2.25. The molecule has 0 amide bonds. The highest BCUT2D eigenvalue weighted by molar-refractivity contribution is 5.73. The Kier molecular flexibility index (Phi) is 3.84. The Balaban J connectivity index is 2.29. The van der Waals surface area contributed by atoms with E-state index in [-0.39, 0.29) is 0 Å². The summed E-state index contributed by atoms with van der Waals surface area (Å²) in [6.45, 7) is 4.19. The molecule has 0 bridgehead atoms. The van der Waals surface area contributed by atoms with Crippen molar-refractivity contribution in [3.05, 3.63) is 12.1 Å². The summed E-state index contributed by atoms with van der Waals surface area (Å²) < 4.78 is 10.6. The average molecular weight is 250 g/mol. The van der Waals surface area contributed by atoms with Crippen LogP contribution in [0.1, 0.15) is 19.8 Å². The molecule has 0 aliphatic heterocycles. The van der Waals surface area contributed by atoms with E-state index in [4.69, 9.17) is 15.2 Å². The molecular formula is C14H22N2O2. The van der Waals surface area contributed by atoms with Crippen molar-refractivity contribution in [3.8, 4) is 11.5 Å². The lowest BCUT2D eigenvalue weighted by Crippen LogP contribution is -2.26. The van der Waals surface area contributed by atoms with Crippen LogP contribution < -0.4 is 20.1 Å². The van der Waals surface area contributed by atoms with E-state index in [1.807, 2.05) is 12.1 Å². The molecule has 1 aromatic carbocycles. The van der Waals surface area contributed by atoms with Gasteiger partial charge in [-0.25, -0.2) is 0 Å². The van der Waals surface area contributed by atoms with Crippen molar-refractivity contribution < 1.29 is 9.47 Å². The van der Waals surface area contributed by atoms with Crippen LogP contribution in [0.4, 0.5) is 11.4 Å². The van der Waals surface area contributed by atoms with E-state index in [0.717, 1.165) is 36.1 Å². The Morgan fingerprint density at radius 2 is 1.83 bits per heavy atom. The fourth-order valence-electron chi connectivity index (χ4n) is 2.17. The standard InChI is InChI=1S/C14H22N2O2/c1-4-16(9-10-5-6-10)12-8-14(18-3)13(17-2)7-11(12)15/h7-8,10H,4-6,9,15H2,1-3H3. The Hall–Kier alpha value is -1.58. The van der Waals surface area contributed by atoms with Gasteiger partial charge in [0.15, 0.2) is 11.5 Å². The van der Waals surface area contributed by atoms with E-state index in [0.29, 0.717) is 5.75 Å². The normalized spacial score (nSPS) is 14.4. The summed E-state index contributed by atoms with van der Waals surface area (Å²) in [6, 6.07) is 3.81. The maximum absolute atomic E-state index is 6.12. The monoisotopic (exact) mass is 250 g/mol. The summed E-state index contributed by atoms with van der Waals surface area (Å²) in [5.74, 6) is 2.25. The van der Waals surface area contributed by atoms with Gasteiger partial charge in [0.25, 0.3) is 0 Å². The molecule has 0 aromatic heterocycles. The number of nitrogens with two attached hydrogens (primary N) is 1. The molecule has 0 heterocycles. The number of rotatable bonds is 6. The lowest BCUT2D eigenvalue weighted by atomic mass is 10.2. The van der Waals surface area contributed by atoms with Crippen LogP contribution in [0, 0.1) is 5.92 Å². The second kappa shape index (κ2) is 5.38. The molecule has 1 aliphatic rings. The molecule has 0 unspecified atom stereocenters. The lowest BCUT2D eigenvalue weighted by Gasteiger charge is -2.25. The second-order valence-electron chi connectivity index (χ2n) is 4.75. The van der Waals surface area contributed by atoms with E-state index < -0.39 is 0 Å². The van der Waals surface area contributed by atoms with E-state index in [9.17, 15) is 0 Å². The zero-order valence-electron chi connectivity index (χ0n) is 11.4. The topological polar surface area (TPSA) is 47.7 Å². The first-order valence-corrected chi connectivity index (χ1v) is 6.46. The van der Waals surface area contributed by atoms with Gasteiger partial charge < -0.3 is 20.1 Å². The van der Waals surface area contributed by atoms with Crippen molar-refractivity contribution in [2.45, 2.75) is 19.8 Å². The van der Waals surface area contributed by atoms with Crippen LogP contribution in [0.2, 0.25) is 0 Å². The summed E-state index contributed by atoms with van der Waals surface area (Å²) in [5, 5.41) is 0. The molecule has 4 heteroatoms. The van der Waals surface area contributed by atoms with Gasteiger partial charge in [0, 0.05) is 25.2 Å². The van der Waals surface area contributed by atoms with Gasteiger partial charge >= 0.3 is 0 Å². The van der Waals surface area contributed by atoms with Gasteiger partial charge in [0.05, 0.1) is 25.6 Å². The molecule has 2 N–H and O–H groups in total. The molecule has 1 fully saturated rings. The van der Waals surface area contributed by atoms with Gasteiger partial charge in [0.2, 0.25) is 0 Å². The number of hydrogen-bond donors (Lipinski definition) is 1. The quantitative estimate of drug-likeness (QED) is 0.788. The van der Waals surface area contributed by atoms with Crippen LogP contribution >= 0.6 is 0 Å². The predicted octanol–water partition coefficient (Wildman–Crippen LogP) is 2.52. The number of nitrogen functional groups attached to an aromatic ring is 1. The number of methoxy groups -OCH3 is 2. The third-order valence-corrected chi connectivity index (χ3v) is 3.43. The first kappa shape index (κ1) is 12.9. The van der Waals surface area contributed by atoms with Gasteiger partial charge in [-0.3, -0.25) is 0 Å². The van der Waals surface area contributed by atoms with Gasteiger partial charge in [-0.1, -0.05) is 0 Å². The predicted molar refractivity (Wildman–Crippen MR) is 74.6 cm³/mol. The molecule has 0 radical (unpaired) electrons. The van der Waals surface area contributed by atoms with Crippen LogP contribution in [-0.2, 0) is 0 Å². The molecule has 0 spiro atoms. The number of anilines is 2. The fourth-order valence-corrected chi connectivity index (χ4v) is 2.17. The SMILES string of the molecule is CCN(CC1CC1)c1cc(OC)c(OC)cc1N. The first-order chi connectivity index (χ1) is 8.69. The minimum Gasteiger partial charge on any atom is -0.493 e. The van der Waals surface area contributed by atoms with Crippen LogP contribution in [0.25, 0.3) is 0 Å². The van der Waals surface area contributed by atoms with Crippen molar-refractivity contribution in [2.75, 3.05) is 37.9 Å². The molecule has 1 saturated carbocycles. The smallest absolute Gasteiger partial charge is 0.162 e. The molecule has 2 rings (SSSR count). The van der Waals surface area contributed by atoms with Crippen LogP contribution in [-0.4, -0.2) is 27.3 Å². The van der Waals surface area contributed by atoms with Gasteiger partial charge in [0.1, 0.15) is 0 Å². The Morgan fingerprint density at radius 3 is 2.33 bits per heavy atom. The maximum Gasteiger partial charge on any atom is 0.162 e. The van der Waals surface area contributed by atoms with E-state index >= 15 is 0 Å². The Morgan fingerprint density at radius 1 is 1.22 bits per heavy atom. The van der Waals surface area contributed by atoms with Crippen molar-refractivity contribution in [1.82, 2.24) is 0 Å². The summed E-state index contributed by atoms with van der Waals surface area (Å²) in [6.07, 6.45) is 2.67. The zero-order valence-corrected chi connectivity index (χ0v) is 11.4. The van der Waals surface area contributed by atoms with Crippen molar-refractivity contribution >= 4 is 11.4 Å². The summed E-state index contributed by atoms with van der Waals surface area (Å²) >= 11 is 0. The zero-order chi connectivity index (χ0) is 13.1. The third kappa shape index (κ3) is 2.63. The molecule has 100 valence electrons. The van der Waals surface area contributed by atoms with Crippen LogP contribution in [0.3, 0.4) is 0 Å². The molecule has 1 aliphatic carbocycles. The Labute approximate surface area is 109 Å². The number of benzene rings is 1. The van der Waals surface area contributed by atoms with E-state index in [1.165, 1.54) is 12.8 Å². The largest absolute Gasteiger partial charge is 0.493 e. The number of ether oxygens (including phenoxy) is 2. The molecule has 0 saturated heterocycles. The number of hydrogen-bond acceptors (Lipinski definition) is 4. The minimum atomic E-state index is 0.682. The molecular weight excluding hydrogens is 228 g/mol. The van der Waals surface area contributed by atoms with Crippen LogP contribution in [0.15, 0.2) is 12.1 Å². The Bertz CT molecular complexity index is 417. The van der Waals surface area contributed by atoms with Crippen molar-refractivity contribution in [3.63, 3.8) is 0 Å². The fraction of sp³-hybridized carbons (Fsp3) is 0.571. The summed E-state index contributed by atoms with van der Waals surface area (Å²) in [5.41, 5.74) is 7.90. The molecule has 0 atom stereocenters. The second-order valence-corrected chi connectivity index (χ2v) is 4.75. The van der Waals surface area contributed by atoms with Crippen LogP contribution in [0.5, 0.6) is 11.5 Å².